The molecule has 2 amide bonds. The molecule has 6 heteroatoms. The third kappa shape index (κ3) is 3.74. The number of hydrogen-bond donors (Lipinski definition) is 1. The van der Waals surface area contributed by atoms with Gasteiger partial charge in [-0.15, -0.1) is 0 Å². The van der Waals surface area contributed by atoms with Gasteiger partial charge >= 0.3 is 6.03 Å². The van der Waals surface area contributed by atoms with Crippen molar-refractivity contribution in [1.82, 2.24) is 19.6 Å². The first-order valence-electron chi connectivity index (χ1n) is 9.24. The summed E-state index contributed by atoms with van der Waals surface area (Å²) in [4.78, 5) is 18.5. The lowest BCUT2D eigenvalue weighted by Crippen LogP contribution is -2.41. The molecule has 2 aromatic heterocycles. The van der Waals surface area contributed by atoms with Gasteiger partial charge in [-0.05, 0) is 44.0 Å². The fraction of sp³-hybridized carbons (Fsp3) is 0.333. The Hall–Kier alpha value is -3.02. The van der Waals surface area contributed by atoms with E-state index in [0.29, 0.717) is 13.1 Å². The summed E-state index contributed by atoms with van der Waals surface area (Å²) >= 11 is 0. The second kappa shape index (κ2) is 8.12. The van der Waals surface area contributed by atoms with Gasteiger partial charge in [0.15, 0.2) is 11.4 Å². The van der Waals surface area contributed by atoms with Crippen molar-refractivity contribution in [2.24, 2.45) is 0 Å². The van der Waals surface area contributed by atoms with Gasteiger partial charge in [-0.25, -0.2) is 9.78 Å². The van der Waals surface area contributed by atoms with Crippen LogP contribution >= 0.6 is 0 Å². The minimum atomic E-state index is -0.0422. The molecule has 0 aliphatic carbocycles. The van der Waals surface area contributed by atoms with E-state index in [0.717, 1.165) is 28.1 Å². The number of methoxy groups -OCH3 is 1. The molecule has 142 valence electrons. The summed E-state index contributed by atoms with van der Waals surface area (Å²) < 4.78 is 7.45. The Labute approximate surface area is 159 Å². The molecule has 1 aromatic carbocycles. The van der Waals surface area contributed by atoms with Crippen LogP contribution in [0.15, 0.2) is 48.9 Å². The van der Waals surface area contributed by atoms with Crippen molar-refractivity contribution in [2.75, 3.05) is 20.2 Å². The summed E-state index contributed by atoms with van der Waals surface area (Å²) in [5.74, 6) is 0.730. The second-order valence-electron chi connectivity index (χ2n) is 6.38. The molecule has 3 rings (SSSR count). The van der Waals surface area contributed by atoms with Crippen LogP contribution in [0.25, 0.3) is 16.8 Å². The van der Waals surface area contributed by atoms with Crippen LogP contribution in [0.3, 0.4) is 0 Å². The number of rotatable bonds is 6. The topological polar surface area (TPSA) is 58.9 Å². The number of imidazole rings is 1. The van der Waals surface area contributed by atoms with E-state index < -0.39 is 0 Å². The van der Waals surface area contributed by atoms with E-state index in [1.54, 1.807) is 13.3 Å². The molecule has 3 aromatic rings. The molecule has 0 aliphatic rings. The molecule has 1 N–H and O–H groups in total. The van der Waals surface area contributed by atoms with Crippen molar-refractivity contribution < 1.29 is 9.53 Å². The van der Waals surface area contributed by atoms with Crippen molar-refractivity contribution in [3.63, 3.8) is 0 Å². The van der Waals surface area contributed by atoms with Crippen molar-refractivity contribution in [3.05, 3.63) is 54.5 Å². The number of carbonyl (C=O) groups excluding carboxylic acids is 1. The van der Waals surface area contributed by atoms with Gasteiger partial charge in [0, 0.05) is 37.2 Å². The number of hydrogen-bond acceptors (Lipinski definition) is 3. The summed E-state index contributed by atoms with van der Waals surface area (Å²) in [6, 6.07) is 10.2. The highest BCUT2D eigenvalue weighted by Gasteiger charge is 2.19. The molecule has 0 saturated carbocycles. The lowest BCUT2D eigenvalue weighted by molar-refractivity contribution is 0.183. The Bertz CT molecular complexity index is 935. The summed E-state index contributed by atoms with van der Waals surface area (Å²) in [6.45, 7) is 7.24. The third-order valence-electron chi connectivity index (χ3n) is 4.77. The average Bonchev–Trinajstić information content (AvgIpc) is 3.16. The van der Waals surface area contributed by atoms with Gasteiger partial charge in [0.2, 0.25) is 0 Å². The molecule has 1 atom stereocenters. The normalized spacial score (nSPS) is 12.0. The van der Waals surface area contributed by atoms with E-state index in [9.17, 15) is 4.79 Å². The van der Waals surface area contributed by atoms with Gasteiger partial charge in [-0.2, -0.15) is 0 Å². The van der Waals surface area contributed by atoms with Gasteiger partial charge < -0.3 is 19.4 Å². The monoisotopic (exact) mass is 366 g/mol. The van der Waals surface area contributed by atoms with Crippen LogP contribution in [-0.2, 0) is 0 Å². The highest BCUT2D eigenvalue weighted by Crippen LogP contribution is 2.30. The quantitative estimate of drug-likeness (QED) is 0.714. The van der Waals surface area contributed by atoms with Crippen LogP contribution in [0.2, 0.25) is 0 Å². The van der Waals surface area contributed by atoms with E-state index >= 15 is 0 Å². The zero-order valence-corrected chi connectivity index (χ0v) is 16.3. The largest absolute Gasteiger partial charge is 0.493 e. The van der Waals surface area contributed by atoms with Gasteiger partial charge in [0.25, 0.3) is 0 Å². The zero-order chi connectivity index (χ0) is 19.4. The van der Waals surface area contributed by atoms with Crippen molar-refractivity contribution in [1.29, 1.82) is 0 Å². The molecule has 0 bridgehead atoms. The molecule has 0 saturated heterocycles. The van der Waals surface area contributed by atoms with Crippen molar-refractivity contribution >= 4 is 11.7 Å². The van der Waals surface area contributed by atoms with Crippen LogP contribution in [0.1, 0.15) is 32.4 Å². The van der Waals surface area contributed by atoms with Crippen LogP contribution in [0, 0.1) is 0 Å². The number of pyridine rings is 1. The first kappa shape index (κ1) is 18.8. The maximum Gasteiger partial charge on any atom is 0.317 e. The highest BCUT2D eigenvalue weighted by molar-refractivity contribution is 5.75. The molecule has 0 fully saturated rings. The molecular weight excluding hydrogens is 340 g/mol. The molecule has 0 spiro atoms. The zero-order valence-electron chi connectivity index (χ0n) is 16.3. The number of carbonyl (C=O) groups is 1. The smallest absolute Gasteiger partial charge is 0.317 e. The number of ether oxygens (including phenoxy) is 1. The Morgan fingerprint density at radius 2 is 2.11 bits per heavy atom. The first-order chi connectivity index (χ1) is 13.1. The van der Waals surface area contributed by atoms with Crippen molar-refractivity contribution in [2.45, 2.75) is 26.8 Å². The molecule has 2 heterocycles. The predicted octanol–water partition coefficient (Wildman–Crippen LogP) is 4.12. The van der Waals surface area contributed by atoms with Crippen molar-refractivity contribution in [3.8, 4) is 16.9 Å². The van der Waals surface area contributed by atoms with Crippen LogP contribution < -0.4 is 10.1 Å². The first-order valence-corrected chi connectivity index (χ1v) is 9.24. The molecule has 27 heavy (non-hydrogen) atoms. The molecular formula is C21H26N4O2. The fourth-order valence-electron chi connectivity index (χ4n) is 3.31. The summed E-state index contributed by atoms with van der Waals surface area (Å²) in [6.07, 6.45) is 5.70. The maximum absolute atomic E-state index is 12.3. The van der Waals surface area contributed by atoms with E-state index in [-0.39, 0.29) is 12.1 Å². The SMILES string of the molecule is CCNC(=O)N(CC)[C@H](C)c1cccc(-c2cc(OC)c3nccn3c2)c1. The lowest BCUT2D eigenvalue weighted by atomic mass is 10.00. The lowest BCUT2D eigenvalue weighted by Gasteiger charge is -2.28. The Balaban J connectivity index is 1.97. The number of aromatic nitrogens is 2. The number of benzene rings is 1. The second-order valence-corrected chi connectivity index (χ2v) is 6.38. The Morgan fingerprint density at radius 3 is 2.81 bits per heavy atom. The number of nitrogens with one attached hydrogen (secondary N) is 1. The minimum Gasteiger partial charge on any atom is -0.493 e. The minimum absolute atomic E-state index is 0.0274. The number of urea groups is 1. The van der Waals surface area contributed by atoms with Gasteiger partial charge in [-0.3, -0.25) is 0 Å². The van der Waals surface area contributed by atoms with Crippen LogP contribution in [0.5, 0.6) is 5.75 Å². The molecule has 6 nitrogen and oxygen atoms in total. The van der Waals surface area contributed by atoms with E-state index in [1.807, 2.05) is 47.7 Å². The van der Waals surface area contributed by atoms with E-state index in [4.69, 9.17) is 4.74 Å². The van der Waals surface area contributed by atoms with Crippen LogP contribution in [-0.4, -0.2) is 40.5 Å². The molecule has 0 aliphatic heterocycles. The number of amides is 2. The number of nitrogens with zero attached hydrogens (tertiary/aromatic N) is 3. The van der Waals surface area contributed by atoms with Gasteiger partial charge in [0.05, 0.1) is 13.2 Å². The summed E-state index contributed by atoms with van der Waals surface area (Å²) in [5.41, 5.74) is 3.98. The summed E-state index contributed by atoms with van der Waals surface area (Å²) in [7, 11) is 1.65. The highest BCUT2D eigenvalue weighted by atomic mass is 16.5. The van der Waals surface area contributed by atoms with E-state index in [2.05, 4.69) is 35.4 Å². The van der Waals surface area contributed by atoms with Gasteiger partial charge in [-0.1, -0.05) is 18.2 Å². The maximum atomic E-state index is 12.3. The number of fused-ring (bicyclic) bond motifs is 1. The summed E-state index contributed by atoms with van der Waals surface area (Å²) in [5, 5.41) is 2.89. The van der Waals surface area contributed by atoms with Crippen LogP contribution in [0.4, 0.5) is 4.79 Å². The Morgan fingerprint density at radius 1 is 1.30 bits per heavy atom. The Kier molecular flexibility index (Phi) is 5.64. The standard InChI is InChI=1S/C21H26N4O2/c1-5-22-21(26)25(6-2)15(3)16-8-7-9-17(12-16)18-13-19(27-4)20-23-10-11-24(20)14-18/h7-15H,5-6H2,1-4H3,(H,22,26)/t15-/m1/s1. The molecule has 0 unspecified atom stereocenters. The molecule has 0 radical (unpaired) electrons. The average molecular weight is 366 g/mol. The fourth-order valence-corrected chi connectivity index (χ4v) is 3.31. The van der Waals surface area contributed by atoms with Gasteiger partial charge in [0.1, 0.15) is 0 Å². The van der Waals surface area contributed by atoms with E-state index in [1.165, 1.54) is 0 Å². The third-order valence-corrected chi connectivity index (χ3v) is 4.77. The predicted molar refractivity (Wildman–Crippen MR) is 107 cm³/mol.